The second kappa shape index (κ2) is 7.08. The van der Waals surface area contributed by atoms with E-state index in [9.17, 15) is 4.79 Å². The first-order valence-electron chi connectivity index (χ1n) is 8.98. The van der Waals surface area contributed by atoms with Crippen molar-refractivity contribution in [3.63, 3.8) is 0 Å². The Morgan fingerprint density at radius 1 is 1.23 bits per heavy atom. The van der Waals surface area contributed by atoms with Gasteiger partial charge < -0.3 is 9.64 Å². The number of hydrogen-bond donors (Lipinski definition) is 0. The molecule has 1 fully saturated rings. The number of ether oxygens (including phenoxy) is 1. The Morgan fingerprint density at radius 2 is 2.08 bits per heavy atom. The zero-order valence-corrected chi connectivity index (χ0v) is 15.9. The van der Waals surface area contributed by atoms with Crippen LogP contribution in [-0.4, -0.2) is 29.4 Å². The second-order valence-corrected chi connectivity index (χ2v) is 7.80. The Balaban J connectivity index is 1.71. The third-order valence-electron chi connectivity index (χ3n) is 4.94. The van der Waals surface area contributed by atoms with Crippen molar-refractivity contribution >= 4 is 27.5 Å². The zero-order valence-electron chi connectivity index (χ0n) is 15.1. The van der Waals surface area contributed by atoms with Crippen molar-refractivity contribution in [1.29, 1.82) is 0 Å². The molecule has 1 aromatic heterocycles. The number of carbonyl (C=O) groups is 1. The Morgan fingerprint density at radius 3 is 2.88 bits per heavy atom. The fourth-order valence-electron chi connectivity index (χ4n) is 3.61. The van der Waals surface area contributed by atoms with Crippen LogP contribution in [0.5, 0.6) is 5.75 Å². The number of benzene rings is 2. The summed E-state index contributed by atoms with van der Waals surface area (Å²) in [5, 5.41) is 1.03. The van der Waals surface area contributed by atoms with Crippen LogP contribution >= 0.6 is 11.3 Å². The van der Waals surface area contributed by atoms with Gasteiger partial charge in [0, 0.05) is 6.54 Å². The Hall–Kier alpha value is -2.40. The number of thiazole rings is 1. The maximum absolute atomic E-state index is 13.4. The van der Waals surface area contributed by atoms with Gasteiger partial charge in [0.05, 0.1) is 28.9 Å². The number of piperidine rings is 1. The summed E-state index contributed by atoms with van der Waals surface area (Å²) in [6, 6.07) is 14.0. The average Bonchev–Trinajstić information content (AvgIpc) is 3.11. The van der Waals surface area contributed by atoms with E-state index in [1.165, 1.54) is 4.70 Å². The molecule has 1 aliphatic rings. The summed E-state index contributed by atoms with van der Waals surface area (Å²) in [6.07, 6.45) is 3.11. The molecule has 2 heterocycles. The van der Waals surface area contributed by atoms with Crippen LogP contribution in [0.15, 0.2) is 42.5 Å². The third-order valence-corrected chi connectivity index (χ3v) is 6.08. The van der Waals surface area contributed by atoms with Crippen molar-refractivity contribution in [2.45, 2.75) is 32.2 Å². The number of hydrogen-bond acceptors (Lipinski definition) is 4. The van der Waals surface area contributed by atoms with E-state index in [2.05, 4.69) is 6.07 Å². The van der Waals surface area contributed by atoms with E-state index in [1.807, 2.05) is 48.2 Å². The monoisotopic (exact) mass is 366 g/mol. The van der Waals surface area contributed by atoms with E-state index in [-0.39, 0.29) is 11.9 Å². The van der Waals surface area contributed by atoms with Crippen molar-refractivity contribution < 1.29 is 9.53 Å². The summed E-state index contributed by atoms with van der Waals surface area (Å²) < 4.78 is 6.62. The van der Waals surface area contributed by atoms with E-state index in [0.29, 0.717) is 11.3 Å². The van der Waals surface area contributed by atoms with Crippen LogP contribution < -0.4 is 4.74 Å². The first-order chi connectivity index (χ1) is 12.7. The molecule has 1 atom stereocenters. The molecule has 4 nitrogen and oxygen atoms in total. The molecule has 5 heteroatoms. The van der Waals surface area contributed by atoms with Gasteiger partial charge in [-0.1, -0.05) is 23.8 Å². The summed E-state index contributed by atoms with van der Waals surface area (Å²) in [4.78, 5) is 20.2. The molecular weight excluding hydrogens is 344 g/mol. The van der Waals surface area contributed by atoms with Crippen molar-refractivity contribution in [2.75, 3.05) is 13.7 Å². The molecular formula is C21H22N2O2S. The lowest BCUT2D eigenvalue weighted by Crippen LogP contribution is -2.38. The van der Waals surface area contributed by atoms with Gasteiger partial charge in [0.15, 0.2) is 0 Å². The van der Waals surface area contributed by atoms with Crippen molar-refractivity contribution in [3.05, 3.63) is 58.6 Å². The predicted molar refractivity (Wildman–Crippen MR) is 105 cm³/mol. The Kier molecular flexibility index (Phi) is 4.64. The number of amides is 1. The molecule has 0 aliphatic carbocycles. The van der Waals surface area contributed by atoms with Gasteiger partial charge in [-0.25, -0.2) is 4.98 Å². The van der Waals surface area contributed by atoms with Crippen LogP contribution in [-0.2, 0) is 0 Å². The molecule has 1 aliphatic heterocycles. The van der Waals surface area contributed by atoms with Gasteiger partial charge in [-0.05, 0) is 50.5 Å². The third kappa shape index (κ3) is 3.07. The maximum Gasteiger partial charge on any atom is 0.258 e. The van der Waals surface area contributed by atoms with Gasteiger partial charge in [-0.2, -0.15) is 0 Å². The van der Waals surface area contributed by atoms with Gasteiger partial charge in [0.25, 0.3) is 5.91 Å². The summed E-state index contributed by atoms with van der Waals surface area (Å²) in [5.41, 5.74) is 2.71. The number of rotatable bonds is 3. The van der Waals surface area contributed by atoms with Gasteiger partial charge >= 0.3 is 0 Å². The number of methoxy groups -OCH3 is 1. The summed E-state index contributed by atoms with van der Waals surface area (Å²) in [5.74, 6) is 0.670. The smallest absolute Gasteiger partial charge is 0.258 e. The largest absolute Gasteiger partial charge is 0.496 e. The van der Waals surface area contributed by atoms with Gasteiger partial charge in [-0.15, -0.1) is 11.3 Å². The molecule has 134 valence electrons. The van der Waals surface area contributed by atoms with Crippen LogP contribution in [0.3, 0.4) is 0 Å². The van der Waals surface area contributed by atoms with Crippen molar-refractivity contribution in [3.8, 4) is 5.75 Å². The standard InChI is InChI=1S/C21H22N2O2S/c1-14-10-11-18(25-2)15(13-14)21(24)23-12-6-5-8-17(23)20-22-16-7-3-4-9-19(16)26-20/h3-4,7,9-11,13,17H,5-6,8,12H2,1-2H3. The Bertz CT molecular complexity index is 917. The molecule has 26 heavy (non-hydrogen) atoms. The number of nitrogens with zero attached hydrogens (tertiary/aromatic N) is 2. The number of fused-ring (bicyclic) bond motifs is 1. The van der Waals surface area contributed by atoms with Crippen LogP contribution in [0.4, 0.5) is 0 Å². The summed E-state index contributed by atoms with van der Waals surface area (Å²) >= 11 is 1.70. The molecule has 1 saturated heterocycles. The minimum atomic E-state index is 0.0366. The summed E-state index contributed by atoms with van der Waals surface area (Å²) in [6.45, 7) is 2.76. The van der Waals surface area contributed by atoms with E-state index in [4.69, 9.17) is 9.72 Å². The maximum atomic E-state index is 13.4. The second-order valence-electron chi connectivity index (χ2n) is 6.73. The lowest BCUT2D eigenvalue weighted by molar-refractivity contribution is 0.0608. The molecule has 0 radical (unpaired) electrons. The highest BCUT2D eigenvalue weighted by atomic mass is 32.1. The first kappa shape index (κ1) is 17.0. The fourth-order valence-corrected chi connectivity index (χ4v) is 4.72. The molecule has 3 aromatic rings. The SMILES string of the molecule is COc1ccc(C)cc1C(=O)N1CCCCC1c1nc2ccccc2s1. The number of carbonyl (C=O) groups excluding carboxylic acids is 1. The molecule has 1 amide bonds. The number of likely N-dealkylation sites (tertiary alicyclic amines) is 1. The molecule has 2 aromatic carbocycles. The quantitative estimate of drug-likeness (QED) is 0.656. The molecule has 1 unspecified atom stereocenters. The fraction of sp³-hybridized carbons (Fsp3) is 0.333. The van der Waals surface area contributed by atoms with E-state index in [1.54, 1.807) is 18.4 Å². The van der Waals surface area contributed by atoms with E-state index in [0.717, 1.165) is 41.9 Å². The van der Waals surface area contributed by atoms with Crippen LogP contribution in [0.1, 0.15) is 46.2 Å². The van der Waals surface area contributed by atoms with Crippen LogP contribution in [0.25, 0.3) is 10.2 Å². The first-order valence-corrected chi connectivity index (χ1v) is 9.80. The predicted octanol–water partition coefficient (Wildman–Crippen LogP) is 4.98. The molecule has 0 N–H and O–H groups in total. The lowest BCUT2D eigenvalue weighted by Gasteiger charge is -2.35. The zero-order chi connectivity index (χ0) is 18.1. The highest BCUT2D eigenvalue weighted by Crippen LogP contribution is 2.37. The van der Waals surface area contributed by atoms with Crippen LogP contribution in [0.2, 0.25) is 0 Å². The van der Waals surface area contributed by atoms with E-state index >= 15 is 0 Å². The average molecular weight is 366 g/mol. The van der Waals surface area contributed by atoms with Crippen molar-refractivity contribution in [2.24, 2.45) is 0 Å². The minimum absolute atomic E-state index is 0.0366. The highest BCUT2D eigenvalue weighted by molar-refractivity contribution is 7.18. The van der Waals surface area contributed by atoms with Gasteiger partial charge in [0.2, 0.25) is 0 Å². The van der Waals surface area contributed by atoms with E-state index < -0.39 is 0 Å². The van der Waals surface area contributed by atoms with Gasteiger partial charge in [-0.3, -0.25) is 4.79 Å². The lowest BCUT2D eigenvalue weighted by atomic mass is 10.0. The van der Waals surface area contributed by atoms with Crippen molar-refractivity contribution in [1.82, 2.24) is 9.88 Å². The minimum Gasteiger partial charge on any atom is -0.496 e. The normalized spacial score (nSPS) is 17.5. The Labute approximate surface area is 157 Å². The highest BCUT2D eigenvalue weighted by Gasteiger charge is 2.32. The molecule has 0 spiro atoms. The number of aromatic nitrogens is 1. The number of para-hydroxylation sites is 1. The molecule has 0 bridgehead atoms. The molecule has 4 rings (SSSR count). The van der Waals surface area contributed by atoms with Crippen LogP contribution in [0, 0.1) is 6.92 Å². The summed E-state index contributed by atoms with van der Waals surface area (Å²) in [7, 11) is 1.61. The topological polar surface area (TPSA) is 42.4 Å². The molecule has 0 saturated carbocycles. The van der Waals surface area contributed by atoms with Gasteiger partial charge in [0.1, 0.15) is 10.8 Å². The number of aryl methyl sites for hydroxylation is 1.